The van der Waals surface area contributed by atoms with Crippen LogP contribution in [0.3, 0.4) is 0 Å². The quantitative estimate of drug-likeness (QED) is 0.531. The fourth-order valence-corrected chi connectivity index (χ4v) is 3.99. The van der Waals surface area contributed by atoms with E-state index in [0.717, 1.165) is 46.2 Å². The third-order valence-corrected chi connectivity index (χ3v) is 5.37. The van der Waals surface area contributed by atoms with Crippen LogP contribution in [0.15, 0.2) is 66.7 Å². The number of unbranched alkanes of at least 4 members (excludes halogenated alkanes) is 2. The van der Waals surface area contributed by atoms with E-state index >= 15 is 0 Å². The van der Waals surface area contributed by atoms with Crippen molar-refractivity contribution in [1.82, 2.24) is 0 Å². The van der Waals surface area contributed by atoms with Gasteiger partial charge in [0, 0.05) is 12.0 Å². The maximum Gasteiger partial charge on any atom is 0.197 e. The molecule has 27 heavy (non-hydrogen) atoms. The van der Waals surface area contributed by atoms with Gasteiger partial charge in [-0.3, -0.25) is 0 Å². The Hall–Kier alpha value is -2.42. The average Bonchev–Trinajstić information content (AvgIpc) is 2.71. The SMILES string of the molecule is CCCCCO[C@]1(O)CC=c2ccccc2=C1c1cccc2ccccc12. The summed E-state index contributed by atoms with van der Waals surface area (Å²) >= 11 is 0. The van der Waals surface area contributed by atoms with Gasteiger partial charge in [-0.2, -0.15) is 0 Å². The molecule has 0 saturated heterocycles. The number of hydrogen-bond acceptors (Lipinski definition) is 2. The van der Waals surface area contributed by atoms with Gasteiger partial charge in [0.25, 0.3) is 0 Å². The van der Waals surface area contributed by atoms with E-state index in [0.29, 0.717) is 13.0 Å². The van der Waals surface area contributed by atoms with E-state index in [-0.39, 0.29) is 0 Å². The van der Waals surface area contributed by atoms with Crippen LogP contribution < -0.4 is 10.4 Å². The molecule has 1 atom stereocenters. The fraction of sp³-hybridized carbons (Fsp3) is 0.280. The molecule has 2 heteroatoms. The summed E-state index contributed by atoms with van der Waals surface area (Å²) in [4.78, 5) is 0. The molecule has 2 nitrogen and oxygen atoms in total. The lowest BCUT2D eigenvalue weighted by atomic mass is 9.86. The highest BCUT2D eigenvalue weighted by Gasteiger charge is 2.35. The number of benzene rings is 3. The van der Waals surface area contributed by atoms with Crippen LogP contribution >= 0.6 is 0 Å². The van der Waals surface area contributed by atoms with E-state index in [1.165, 1.54) is 5.39 Å². The molecule has 1 aliphatic carbocycles. The first-order valence-electron chi connectivity index (χ1n) is 9.87. The highest BCUT2D eigenvalue weighted by molar-refractivity contribution is 5.95. The first-order valence-corrected chi connectivity index (χ1v) is 9.87. The molecule has 0 unspecified atom stereocenters. The lowest BCUT2D eigenvalue weighted by molar-refractivity contribution is -0.154. The molecular weight excluding hydrogens is 332 g/mol. The van der Waals surface area contributed by atoms with Gasteiger partial charge in [-0.25, -0.2) is 0 Å². The molecule has 0 bridgehead atoms. The van der Waals surface area contributed by atoms with E-state index in [1.54, 1.807) is 0 Å². The van der Waals surface area contributed by atoms with Gasteiger partial charge in [0.05, 0.1) is 6.61 Å². The third kappa shape index (κ3) is 3.43. The van der Waals surface area contributed by atoms with Crippen molar-refractivity contribution in [2.75, 3.05) is 6.61 Å². The van der Waals surface area contributed by atoms with Crippen molar-refractivity contribution in [3.05, 3.63) is 82.7 Å². The summed E-state index contributed by atoms with van der Waals surface area (Å²) < 4.78 is 6.13. The zero-order valence-electron chi connectivity index (χ0n) is 15.8. The molecule has 0 radical (unpaired) electrons. The van der Waals surface area contributed by atoms with Crippen LogP contribution in [0.25, 0.3) is 22.4 Å². The molecule has 0 spiro atoms. The van der Waals surface area contributed by atoms with E-state index in [1.807, 2.05) is 18.2 Å². The van der Waals surface area contributed by atoms with Crippen LogP contribution in [-0.4, -0.2) is 17.5 Å². The van der Waals surface area contributed by atoms with Crippen molar-refractivity contribution < 1.29 is 9.84 Å². The number of fused-ring (bicyclic) bond motifs is 2. The number of aliphatic hydroxyl groups is 1. The molecule has 3 aromatic rings. The zero-order valence-corrected chi connectivity index (χ0v) is 15.8. The summed E-state index contributed by atoms with van der Waals surface area (Å²) in [5.41, 5.74) is 1.93. The van der Waals surface area contributed by atoms with Crippen molar-refractivity contribution in [3.8, 4) is 0 Å². The summed E-state index contributed by atoms with van der Waals surface area (Å²) in [6.07, 6.45) is 5.76. The van der Waals surface area contributed by atoms with E-state index in [4.69, 9.17) is 4.74 Å². The Morgan fingerprint density at radius 3 is 2.59 bits per heavy atom. The molecule has 0 aliphatic heterocycles. The summed E-state index contributed by atoms with van der Waals surface area (Å²) in [7, 11) is 0. The second kappa shape index (κ2) is 7.67. The summed E-state index contributed by atoms with van der Waals surface area (Å²) in [5, 5.41) is 16.1. The smallest absolute Gasteiger partial charge is 0.197 e. The molecule has 0 heterocycles. The molecule has 3 aromatic carbocycles. The van der Waals surface area contributed by atoms with Gasteiger partial charge in [-0.05, 0) is 33.2 Å². The van der Waals surface area contributed by atoms with Crippen LogP contribution in [0.1, 0.15) is 38.2 Å². The first kappa shape index (κ1) is 18.0. The zero-order chi connectivity index (χ0) is 18.7. The van der Waals surface area contributed by atoms with Crippen molar-refractivity contribution in [3.63, 3.8) is 0 Å². The molecule has 0 aromatic heterocycles. The van der Waals surface area contributed by atoms with Crippen molar-refractivity contribution in [1.29, 1.82) is 0 Å². The van der Waals surface area contributed by atoms with Crippen LogP contribution in [-0.2, 0) is 4.74 Å². The normalized spacial score (nSPS) is 19.0. The van der Waals surface area contributed by atoms with Crippen LogP contribution in [0, 0.1) is 0 Å². The van der Waals surface area contributed by atoms with Gasteiger partial charge >= 0.3 is 0 Å². The van der Waals surface area contributed by atoms with Crippen molar-refractivity contribution in [2.45, 2.75) is 38.4 Å². The van der Waals surface area contributed by atoms with Gasteiger partial charge < -0.3 is 9.84 Å². The topological polar surface area (TPSA) is 29.5 Å². The third-order valence-electron chi connectivity index (χ3n) is 5.37. The monoisotopic (exact) mass is 358 g/mol. The summed E-state index contributed by atoms with van der Waals surface area (Å²) in [6.45, 7) is 2.74. The Morgan fingerprint density at radius 2 is 1.70 bits per heavy atom. The van der Waals surface area contributed by atoms with E-state index in [9.17, 15) is 5.11 Å². The largest absolute Gasteiger partial charge is 0.361 e. The lowest BCUT2D eigenvalue weighted by Crippen LogP contribution is -2.45. The van der Waals surface area contributed by atoms with Gasteiger partial charge in [-0.1, -0.05) is 92.6 Å². The summed E-state index contributed by atoms with van der Waals surface area (Å²) in [6, 6.07) is 22.9. The Bertz CT molecular complexity index is 1060. The highest BCUT2D eigenvalue weighted by Crippen LogP contribution is 2.35. The van der Waals surface area contributed by atoms with Crippen molar-refractivity contribution in [2.24, 2.45) is 0 Å². The average molecular weight is 358 g/mol. The van der Waals surface area contributed by atoms with Gasteiger partial charge in [0.2, 0.25) is 0 Å². The minimum absolute atomic E-state index is 0.467. The molecule has 1 aliphatic rings. The van der Waals surface area contributed by atoms with Crippen LogP contribution in [0.5, 0.6) is 0 Å². The van der Waals surface area contributed by atoms with Crippen LogP contribution in [0.4, 0.5) is 0 Å². The highest BCUT2D eigenvalue weighted by atomic mass is 16.6. The second-order valence-electron chi connectivity index (χ2n) is 7.24. The van der Waals surface area contributed by atoms with Gasteiger partial charge in [0.15, 0.2) is 5.79 Å². The molecule has 4 rings (SSSR count). The number of hydrogen-bond donors (Lipinski definition) is 1. The predicted molar refractivity (Wildman–Crippen MR) is 112 cm³/mol. The molecule has 0 saturated carbocycles. The fourth-order valence-electron chi connectivity index (χ4n) is 3.99. The number of ether oxygens (including phenoxy) is 1. The molecular formula is C25H26O2. The Labute approximate surface area is 160 Å². The molecule has 1 N–H and O–H groups in total. The maximum atomic E-state index is 11.6. The van der Waals surface area contributed by atoms with Crippen molar-refractivity contribution >= 4 is 22.4 Å². The summed E-state index contributed by atoms with van der Waals surface area (Å²) in [5.74, 6) is -1.30. The minimum atomic E-state index is -1.30. The maximum absolute atomic E-state index is 11.6. The standard InChI is InChI=1S/C25H26O2/c1-2-3-8-18-27-25(26)17-16-20-11-5-7-14-22(20)24(25)23-15-9-12-19-10-4-6-13-21(19)23/h4-7,9-16,26H,2-3,8,17-18H2,1H3/t25-/m1/s1. The number of rotatable bonds is 6. The first-order chi connectivity index (χ1) is 13.2. The Morgan fingerprint density at radius 1 is 0.926 bits per heavy atom. The predicted octanol–water partition coefficient (Wildman–Crippen LogP) is 4.12. The Kier molecular flexibility index (Phi) is 5.11. The van der Waals surface area contributed by atoms with E-state index in [2.05, 4.69) is 61.5 Å². The van der Waals surface area contributed by atoms with Gasteiger partial charge in [-0.15, -0.1) is 0 Å². The molecule has 0 fully saturated rings. The minimum Gasteiger partial charge on any atom is -0.361 e. The lowest BCUT2D eigenvalue weighted by Gasteiger charge is -2.33. The molecule has 138 valence electrons. The molecule has 0 amide bonds. The Balaban J connectivity index is 1.92. The van der Waals surface area contributed by atoms with Gasteiger partial charge in [0.1, 0.15) is 0 Å². The van der Waals surface area contributed by atoms with E-state index < -0.39 is 5.79 Å². The van der Waals surface area contributed by atoms with Crippen LogP contribution in [0.2, 0.25) is 0 Å². The second-order valence-corrected chi connectivity index (χ2v) is 7.24.